The van der Waals surface area contributed by atoms with Crippen LogP contribution in [-0.2, 0) is 6.54 Å². The normalized spacial score (nSPS) is 12.5. The minimum absolute atomic E-state index is 0.0612. The molecule has 7 heteroatoms. The Balaban J connectivity index is 2.00. The number of halogens is 1. The summed E-state index contributed by atoms with van der Waals surface area (Å²) in [4.78, 5) is 12.4. The van der Waals surface area contributed by atoms with E-state index in [0.717, 1.165) is 15.6 Å². The molecule has 2 aromatic heterocycles. The topological polar surface area (TPSA) is 89.9 Å². The maximum absolute atomic E-state index is 9.68. The SMILES string of the molecule is Nc1ncnc2c1ncn2C/C(Br)=C(\CO)c1ccccc1. The van der Waals surface area contributed by atoms with Crippen molar-refractivity contribution in [3.05, 3.63) is 53.0 Å². The highest BCUT2D eigenvalue weighted by Crippen LogP contribution is 2.25. The number of hydrogen-bond donors (Lipinski definition) is 2. The largest absolute Gasteiger partial charge is 0.392 e. The molecule has 22 heavy (non-hydrogen) atoms. The molecule has 6 nitrogen and oxygen atoms in total. The number of nitrogens with two attached hydrogens (primary N) is 1. The van der Waals surface area contributed by atoms with Gasteiger partial charge in [0.25, 0.3) is 0 Å². The summed E-state index contributed by atoms with van der Waals surface area (Å²) in [6, 6.07) is 9.73. The van der Waals surface area contributed by atoms with Gasteiger partial charge in [0.2, 0.25) is 0 Å². The van der Waals surface area contributed by atoms with E-state index in [1.165, 1.54) is 6.33 Å². The lowest BCUT2D eigenvalue weighted by Gasteiger charge is -2.10. The Labute approximate surface area is 135 Å². The van der Waals surface area contributed by atoms with Gasteiger partial charge in [0.15, 0.2) is 11.5 Å². The molecule has 0 aliphatic rings. The molecule has 0 atom stereocenters. The summed E-state index contributed by atoms with van der Waals surface area (Å²) in [5.74, 6) is 0.356. The Bertz CT molecular complexity index is 828. The van der Waals surface area contributed by atoms with Crippen LogP contribution in [-0.4, -0.2) is 31.2 Å². The van der Waals surface area contributed by atoms with Crippen LogP contribution in [0.3, 0.4) is 0 Å². The van der Waals surface area contributed by atoms with Crippen molar-refractivity contribution >= 4 is 38.5 Å². The van der Waals surface area contributed by atoms with Crippen molar-refractivity contribution in [3.63, 3.8) is 0 Å². The number of fused-ring (bicyclic) bond motifs is 1. The molecule has 0 radical (unpaired) electrons. The Hall–Kier alpha value is -2.25. The van der Waals surface area contributed by atoms with Gasteiger partial charge in [-0.05, 0) is 11.1 Å². The summed E-state index contributed by atoms with van der Waals surface area (Å²) in [5.41, 5.74) is 8.82. The van der Waals surface area contributed by atoms with E-state index in [-0.39, 0.29) is 6.61 Å². The number of nitrogens with zero attached hydrogens (tertiary/aromatic N) is 4. The predicted octanol–water partition coefficient (Wildman–Crippen LogP) is 2.21. The zero-order valence-electron chi connectivity index (χ0n) is 11.6. The van der Waals surface area contributed by atoms with Crippen LogP contribution in [0.15, 0.2) is 47.5 Å². The lowest BCUT2D eigenvalue weighted by atomic mass is 10.1. The number of anilines is 1. The molecule has 0 spiro atoms. The van der Waals surface area contributed by atoms with Crippen LogP contribution in [0.2, 0.25) is 0 Å². The summed E-state index contributed by atoms with van der Waals surface area (Å²) in [6.45, 7) is 0.437. The maximum Gasteiger partial charge on any atom is 0.165 e. The van der Waals surface area contributed by atoms with E-state index < -0.39 is 0 Å². The molecule has 0 unspecified atom stereocenters. The fourth-order valence-corrected chi connectivity index (χ4v) is 2.86. The number of nitrogen functional groups attached to an aromatic ring is 1. The molecule has 0 amide bonds. The Kier molecular flexibility index (Phi) is 4.17. The summed E-state index contributed by atoms with van der Waals surface area (Å²) in [7, 11) is 0. The molecular weight excluding hydrogens is 346 g/mol. The summed E-state index contributed by atoms with van der Waals surface area (Å²) in [6.07, 6.45) is 3.08. The Morgan fingerprint density at radius 1 is 1.18 bits per heavy atom. The Morgan fingerprint density at radius 2 is 1.95 bits per heavy atom. The number of rotatable bonds is 4. The van der Waals surface area contributed by atoms with Gasteiger partial charge in [0.1, 0.15) is 11.8 Å². The predicted molar refractivity (Wildman–Crippen MR) is 89.1 cm³/mol. The highest BCUT2D eigenvalue weighted by molar-refractivity contribution is 9.11. The summed E-state index contributed by atoms with van der Waals surface area (Å²) >= 11 is 3.56. The van der Waals surface area contributed by atoms with Gasteiger partial charge in [0, 0.05) is 4.48 Å². The van der Waals surface area contributed by atoms with Gasteiger partial charge in [-0.15, -0.1) is 0 Å². The molecule has 0 aliphatic heterocycles. The molecule has 3 N–H and O–H groups in total. The first-order valence-corrected chi connectivity index (χ1v) is 7.45. The molecule has 0 saturated carbocycles. The number of aromatic nitrogens is 4. The smallest absolute Gasteiger partial charge is 0.165 e. The molecule has 1 aromatic carbocycles. The zero-order chi connectivity index (χ0) is 15.5. The molecule has 2 heterocycles. The van der Waals surface area contributed by atoms with Gasteiger partial charge >= 0.3 is 0 Å². The zero-order valence-corrected chi connectivity index (χ0v) is 13.2. The summed E-state index contributed by atoms with van der Waals surface area (Å²) in [5, 5.41) is 9.68. The van der Waals surface area contributed by atoms with E-state index in [9.17, 15) is 5.11 Å². The van der Waals surface area contributed by atoms with Crippen molar-refractivity contribution in [1.29, 1.82) is 0 Å². The van der Waals surface area contributed by atoms with Gasteiger partial charge in [-0.3, -0.25) is 0 Å². The third kappa shape index (κ3) is 2.72. The highest BCUT2D eigenvalue weighted by Gasteiger charge is 2.11. The van der Waals surface area contributed by atoms with Crippen molar-refractivity contribution < 1.29 is 5.11 Å². The van der Waals surface area contributed by atoms with Crippen LogP contribution in [0.25, 0.3) is 16.7 Å². The second-order valence-electron chi connectivity index (χ2n) is 4.71. The average Bonchev–Trinajstić information content (AvgIpc) is 2.94. The van der Waals surface area contributed by atoms with Crippen molar-refractivity contribution in [3.8, 4) is 0 Å². The first-order valence-electron chi connectivity index (χ1n) is 6.66. The quantitative estimate of drug-likeness (QED) is 0.745. The van der Waals surface area contributed by atoms with Crippen LogP contribution in [0.4, 0.5) is 5.82 Å². The number of hydrogen-bond acceptors (Lipinski definition) is 5. The second kappa shape index (κ2) is 6.25. The molecule has 3 aromatic rings. The number of aliphatic hydroxyl groups is 1. The van der Waals surface area contributed by atoms with Crippen molar-refractivity contribution in [1.82, 2.24) is 19.5 Å². The fraction of sp³-hybridized carbons (Fsp3) is 0.133. The summed E-state index contributed by atoms with van der Waals surface area (Å²) < 4.78 is 2.72. The van der Waals surface area contributed by atoms with Crippen LogP contribution in [0.1, 0.15) is 5.56 Å². The standard InChI is InChI=1S/C15H14BrN5O/c16-12(11(7-22)10-4-2-1-3-5-10)6-21-9-20-13-14(17)18-8-19-15(13)21/h1-5,8-9,22H,6-7H2,(H2,17,18,19)/b12-11-. The van der Waals surface area contributed by atoms with E-state index in [1.54, 1.807) is 6.33 Å². The van der Waals surface area contributed by atoms with Gasteiger partial charge in [0.05, 0.1) is 19.5 Å². The number of imidazole rings is 1. The van der Waals surface area contributed by atoms with Gasteiger partial charge in [-0.2, -0.15) is 0 Å². The maximum atomic E-state index is 9.68. The van der Waals surface area contributed by atoms with E-state index >= 15 is 0 Å². The number of aliphatic hydroxyl groups excluding tert-OH is 1. The Morgan fingerprint density at radius 3 is 2.68 bits per heavy atom. The van der Waals surface area contributed by atoms with Crippen molar-refractivity contribution in [2.24, 2.45) is 0 Å². The third-order valence-corrected chi connectivity index (χ3v) is 4.08. The van der Waals surface area contributed by atoms with Crippen LogP contribution < -0.4 is 5.73 Å². The third-order valence-electron chi connectivity index (χ3n) is 3.35. The van der Waals surface area contributed by atoms with Gasteiger partial charge < -0.3 is 15.4 Å². The van der Waals surface area contributed by atoms with E-state index in [1.807, 2.05) is 34.9 Å². The van der Waals surface area contributed by atoms with Gasteiger partial charge in [-0.1, -0.05) is 46.3 Å². The van der Waals surface area contributed by atoms with Crippen molar-refractivity contribution in [2.45, 2.75) is 6.54 Å². The first kappa shape index (κ1) is 14.7. The molecule has 112 valence electrons. The number of benzene rings is 1. The van der Waals surface area contributed by atoms with Gasteiger partial charge in [-0.25, -0.2) is 15.0 Å². The van der Waals surface area contributed by atoms with E-state index in [4.69, 9.17) is 5.73 Å². The fourth-order valence-electron chi connectivity index (χ4n) is 2.23. The minimum Gasteiger partial charge on any atom is -0.392 e. The molecule has 0 bridgehead atoms. The average molecular weight is 360 g/mol. The minimum atomic E-state index is -0.0612. The molecule has 3 rings (SSSR count). The number of allylic oxidation sites excluding steroid dienone is 1. The molecule has 0 saturated heterocycles. The monoisotopic (exact) mass is 359 g/mol. The van der Waals surface area contributed by atoms with Crippen LogP contribution in [0.5, 0.6) is 0 Å². The lowest BCUT2D eigenvalue weighted by molar-refractivity contribution is 0.349. The lowest BCUT2D eigenvalue weighted by Crippen LogP contribution is -2.02. The first-order chi connectivity index (χ1) is 10.7. The second-order valence-corrected chi connectivity index (χ2v) is 5.67. The van der Waals surface area contributed by atoms with Crippen LogP contribution >= 0.6 is 15.9 Å². The van der Waals surface area contributed by atoms with E-state index in [0.29, 0.717) is 23.5 Å². The molecular formula is C15H14BrN5O. The van der Waals surface area contributed by atoms with Crippen LogP contribution in [0, 0.1) is 0 Å². The van der Waals surface area contributed by atoms with Crippen molar-refractivity contribution in [2.75, 3.05) is 12.3 Å². The van der Waals surface area contributed by atoms with E-state index in [2.05, 4.69) is 30.9 Å². The molecule has 0 aliphatic carbocycles. The molecule has 0 fully saturated rings. The highest BCUT2D eigenvalue weighted by atomic mass is 79.9.